The van der Waals surface area contributed by atoms with Crippen LogP contribution in [-0.4, -0.2) is 71.7 Å². The number of amides is 1. The Balaban J connectivity index is 1.59. The largest absolute Gasteiger partial charge is 0.444 e. The molecule has 0 bridgehead atoms. The van der Waals surface area contributed by atoms with Crippen molar-refractivity contribution in [1.29, 1.82) is 0 Å². The van der Waals surface area contributed by atoms with Crippen molar-refractivity contribution in [2.24, 2.45) is 0 Å². The van der Waals surface area contributed by atoms with Crippen molar-refractivity contribution in [3.05, 3.63) is 57.8 Å². The number of aromatic nitrogens is 2. The summed E-state index contributed by atoms with van der Waals surface area (Å²) < 4.78 is 35.7. The fourth-order valence-corrected chi connectivity index (χ4v) is 4.66. The minimum Gasteiger partial charge on any atom is -0.444 e. The summed E-state index contributed by atoms with van der Waals surface area (Å²) in [6, 6.07) is 7.23. The molecule has 2 aromatic rings. The Morgan fingerprint density at radius 1 is 1.26 bits per heavy atom. The first-order chi connectivity index (χ1) is 16.2. The van der Waals surface area contributed by atoms with E-state index < -0.39 is 33.4 Å². The first kappa shape index (κ1) is 23.4. The smallest absolute Gasteiger partial charge is 0.412 e. The summed E-state index contributed by atoms with van der Waals surface area (Å²) >= 11 is 0. The maximum absolute atomic E-state index is 13.1. The molecular formula is C20H21N5O8S. The van der Waals surface area contributed by atoms with Crippen LogP contribution >= 0.6 is 0 Å². The van der Waals surface area contributed by atoms with Gasteiger partial charge in [-0.05, 0) is 24.1 Å². The first-order valence-electron chi connectivity index (χ1n) is 10.3. The van der Waals surface area contributed by atoms with E-state index in [-0.39, 0.29) is 24.4 Å². The van der Waals surface area contributed by atoms with Crippen LogP contribution in [0, 0.1) is 10.1 Å². The number of nitro benzene ring substituents is 1. The number of carbonyl (C=O) groups excluding carboxylic acids is 2. The fraction of sp³-hybridized carbons (Fsp3) is 0.400. The Labute approximate surface area is 194 Å². The molecule has 14 heteroatoms. The van der Waals surface area contributed by atoms with Gasteiger partial charge in [-0.2, -0.15) is 13.5 Å². The number of nitro groups is 1. The normalized spacial score (nSPS) is 20.1. The van der Waals surface area contributed by atoms with Crippen LogP contribution in [0.4, 0.5) is 16.3 Å². The van der Waals surface area contributed by atoms with Gasteiger partial charge < -0.3 is 9.64 Å². The molecule has 0 spiro atoms. The van der Waals surface area contributed by atoms with Gasteiger partial charge in [-0.3, -0.25) is 19.2 Å². The number of aryl methyl sites for hydroxylation is 1. The molecule has 0 saturated carbocycles. The Morgan fingerprint density at radius 2 is 2.00 bits per heavy atom. The van der Waals surface area contributed by atoms with E-state index in [0.717, 1.165) is 6.26 Å². The van der Waals surface area contributed by atoms with Crippen LogP contribution in [0.3, 0.4) is 0 Å². The lowest BCUT2D eigenvalue weighted by molar-refractivity contribution is -0.384. The van der Waals surface area contributed by atoms with Gasteiger partial charge >= 0.3 is 6.09 Å². The Morgan fingerprint density at radius 3 is 2.65 bits per heavy atom. The van der Waals surface area contributed by atoms with Gasteiger partial charge in [0.25, 0.3) is 15.8 Å². The third kappa shape index (κ3) is 4.78. The Hall–Kier alpha value is -3.74. The molecule has 2 atom stereocenters. The number of hydrogen-bond donors (Lipinski definition) is 0. The number of anilines is 1. The average molecular weight is 491 g/mol. The predicted molar refractivity (Wildman–Crippen MR) is 117 cm³/mol. The number of hydrogen-bond acceptors (Lipinski definition) is 10. The maximum atomic E-state index is 13.1. The molecule has 1 fully saturated rings. The van der Waals surface area contributed by atoms with Gasteiger partial charge in [-0.25, -0.2) is 14.3 Å². The Bertz CT molecular complexity index is 1250. The number of benzene rings is 1. The summed E-state index contributed by atoms with van der Waals surface area (Å²) in [5, 5.41) is 15.0. The van der Waals surface area contributed by atoms with Crippen LogP contribution in [0.5, 0.6) is 0 Å². The lowest BCUT2D eigenvalue weighted by Crippen LogP contribution is -2.51. The van der Waals surface area contributed by atoms with Crippen molar-refractivity contribution in [2.75, 3.05) is 24.2 Å². The molecule has 180 valence electrons. The summed E-state index contributed by atoms with van der Waals surface area (Å²) in [5.41, 5.74) is 0.367. The SMILES string of the molecule is CS(=O)(=O)O[C@H]1CN(C(=O)OCc2ccc([N+](=O)[O-])cc2)[C@H](N2CCCn3nccc32)C1=C=O. The van der Waals surface area contributed by atoms with E-state index in [1.807, 2.05) is 0 Å². The number of ether oxygens (including phenoxy) is 1. The molecule has 4 rings (SSSR count). The molecule has 1 amide bonds. The van der Waals surface area contributed by atoms with Crippen LogP contribution in [0.1, 0.15) is 12.0 Å². The quantitative estimate of drug-likeness (QED) is 0.248. The van der Waals surface area contributed by atoms with Crippen molar-refractivity contribution in [2.45, 2.75) is 31.8 Å². The standard InChI is InChI=1S/C20H21N5O8S/c1-34(30,31)33-17-11-23(20(27)32-13-14-3-5-15(6-4-14)25(28)29)19(16(17)12-26)22-9-2-10-24-18(22)7-8-21-24/h3-8,17,19H,2,9-11,13H2,1H3/t17-,19-/m0/s1. The minimum atomic E-state index is -3.94. The number of rotatable bonds is 6. The monoisotopic (exact) mass is 491 g/mol. The zero-order valence-electron chi connectivity index (χ0n) is 18.1. The summed E-state index contributed by atoms with van der Waals surface area (Å²) in [5.74, 6) is 2.43. The van der Waals surface area contributed by atoms with Gasteiger partial charge in [0, 0.05) is 31.3 Å². The molecular weight excluding hydrogens is 470 g/mol. The molecule has 2 aliphatic rings. The van der Waals surface area contributed by atoms with Gasteiger partial charge in [0.1, 0.15) is 30.6 Å². The van der Waals surface area contributed by atoms with E-state index in [1.165, 1.54) is 29.2 Å². The third-order valence-electron chi connectivity index (χ3n) is 5.49. The summed E-state index contributed by atoms with van der Waals surface area (Å²) in [6.07, 6.45) is 0.116. The molecule has 1 saturated heterocycles. The van der Waals surface area contributed by atoms with Gasteiger partial charge in [0.2, 0.25) is 0 Å². The summed E-state index contributed by atoms with van der Waals surface area (Å²) in [6.45, 7) is 0.695. The molecule has 3 heterocycles. The van der Waals surface area contributed by atoms with Crippen molar-refractivity contribution in [1.82, 2.24) is 14.7 Å². The average Bonchev–Trinajstić information content (AvgIpc) is 3.41. The van der Waals surface area contributed by atoms with Gasteiger partial charge in [-0.15, -0.1) is 0 Å². The molecule has 0 unspecified atom stereocenters. The highest BCUT2D eigenvalue weighted by atomic mass is 32.2. The van der Waals surface area contributed by atoms with Crippen LogP contribution in [0.15, 0.2) is 42.1 Å². The molecule has 1 aromatic heterocycles. The fourth-order valence-electron chi connectivity index (χ4n) is 4.07. The van der Waals surface area contributed by atoms with Crippen molar-refractivity contribution in [3.8, 4) is 0 Å². The molecule has 0 aliphatic carbocycles. The first-order valence-corrected chi connectivity index (χ1v) is 12.1. The van der Waals surface area contributed by atoms with Gasteiger partial charge in [-0.1, -0.05) is 0 Å². The lowest BCUT2D eigenvalue weighted by Gasteiger charge is -2.38. The second kappa shape index (κ2) is 9.25. The highest BCUT2D eigenvalue weighted by molar-refractivity contribution is 7.86. The summed E-state index contributed by atoms with van der Waals surface area (Å²) in [7, 11) is -3.94. The topological polar surface area (TPSA) is 154 Å². The number of non-ortho nitro benzene ring substituents is 1. The van der Waals surface area contributed by atoms with Crippen molar-refractivity contribution in [3.63, 3.8) is 0 Å². The van der Waals surface area contributed by atoms with E-state index in [2.05, 4.69) is 5.10 Å². The Kier molecular flexibility index (Phi) is 6.37. The van der Waals surface area contributed by atoms with E-state index in [1.54, 1.807) is 27.8 Å². The summed E-state index contributed by atoms with van der Waals surface area (Å²) in [4.78, 5) is 38.2. The number of nitrogens with zero attached hydrogens (tertiary/aromatic N) is 5. The number of carbonyl (C=O) groups is 1. The van der Waals surface area contributed by atoms with Crippen LogP contribution in [-0.2, 0) is 37.0 Å². The molecule has 0 N–H and O–H groups in total. The lowest BCUT2D eigenvalue weighted by atomic mass is 10.1. The minimum absolute atomic E-state index is 0.0487. The van der Waals surface area contributed by atoms with E-state index in [9.17, 15) is 28.1 Å². The highest BCUT2D eigenvalue weighted by Gasteiger charge is 2.48. The number of fused-ring (bicyclic) bond motifs is 1. The zero-order chi connectivity index (χ0) is 24.5. The van der Waals surface area contributed by atoms with Gasteiger partial charge in [0.05, 0.1) is 29.5 Å². The zero-order valence-corrected chi connectivity index (χ0v) is 18.9. The third-order valence-corrected chi connectivity index (χ3v) is 6.07. The van der Waals surface area contributed by atoms with E-state index in [0.29, 0.717) is 30.9 Å². The molecule has 1 aromatic carbocycles. The highest BCUT2D eigenvalue weighted by Crippen LogP contribution is 2.34. The van der Waals surface area contributed by atoms with E-state index >= 15 is 0 Å². The van der Waals surface area contributed by atoms with Crippen molar-refractivity contribution < 1.29 is 31.9 Å². The molecule has 0 radical (unpaired) electrons. The predicted octanol–water partition coefficient (Wildman–Crippen LogP) is 1.08. The van der Waals surface area contributed by atoms with Gasteiger partial charge in [0.15, 0.2) is 0 Å². The van der Waals surface area contributed by atoms with Crippen LogP contribution < -0.4 is 4.90 Å². The number of likely N-dealkylation sites (tertiary alicyclic amines) is 1. The van der Waals surface area contributed by atoms with Crippen LogP contribution in [0.25, 0.3) is 0 Å². The second-order valence-corrected chi connectivity index (χ2v) is 9.41. The van der Waals surface area contributed by atoms with Crippen molar-refractivity contribution >= 4 is 33.7 Å². The maximum Gasteiger partial charge on any atom is 0.412 e. The second-order valence-electron chi connectivity index (χ2n) is 7.81. The molecule has 2 aliphatic heterocycles. The van der Waals surface area contributed by atoms with E-state index in [4.69, 9.17) is 8.92 Å². The van der Waals surface area contributed by atoms with Crippen LogP contribution in [0.2, 0.25) is 0 Å². The molecule has 13 nitrogen and oxygen atoms in total. The molecule has 34 heavy (non-hydrogen) atoms.